The standard InChI is InChI=1S/C24H18N4OS/c29-22(17-9-3-1-4-10-17)16-30-24-27-26-23(28(24)18-11-5-2-6-12-18)20-15-25-21-14-8-7-13-19(20)21/h1-15,25H,16H2. The van der Waals surface area contributed by atoms with Crippen LogP contribution in [0.3, 0.4) is 0 Å². The van der Waals surface area contributed by atoms with Crippen molar-refractivity contribution in [2.75, 3.05) is 5.75 Å². The molecule has 0 bridgehead atoms. The van der Waals surface area contributed by atoms with Crippen LogP contribution in [0.15, 0.2) is 96.3 Å². The average Bonchev–Trinajstić information content (AvgIpc) is 3.42. The zero-order chi connectivity index (χ0) is 20.3. The molecule has 0 fully saturated rings. The van der Waals surface area contributed by atoms with Gasteiger partial charge in [0.1, 0.15) is 0 Å². The number of hydrogen-bond acceptors (Lipinski definition) is 4. The number of benzene rings is 3. The number of nitrogens with zero attached hydrogens (tertiary/aromatic N) is 3. The zero-order valence-corrected chi connectivity index (χ0v) is 16.8. The molecule has 0 atom stereocenters. The molecule has 0 aliphatic carbocycles. The smallest absolute Gasteiger partial charge is 0.196 e. The third-order valence-electron chi connectivity index (χ3n) is 4.91. The molecular formula is C24H18N4OS. The molecule has 0 aliphatic rings. The van der Waals surface area contributed by atoms with Gasteiger partial charge in [-0.25, -0.2) is 0 Å². The fraction of sp³-hybridized carbons (Fsp3) is 0.0417. The molecule has 146 valence electrons. The highest BCUT2D eigenvalue weighted by atomic mass is 32.2. The normalized spacial score (nSPS) is 11.1. The van der Waals surface area contributed by atoms with Crippen LogP contribution in [0.4, 0.5) is 0 Å². The summed E-state index contributed by atoms with van der Waals surface area (Å²) in [5.74, 6) is 1.10. The first-order valence-electron chi connectivity index (χ1n) is 9.59. The molecule has 0 saturated heterocycles. The molecule has 2 aromatic heterocycles. The maximum atomic E-state index is 12.6. The number of Topliss-reactive ketones (excluding diaryl/α,β-unsaturated/α-hetero) is 1. The van der Waals surface area contributed by atoms with Gasteiger partial charge in [-0.3, -0.25) is 9.36 Å². The molecule has 0 aliphatic heterocycles. The van der Waals surface area contributed by atoms with E-state index in [1.807, 2.05) is 89.6 Å². The van der Waals surface area contributed by atoms with Crippen LogP contribution in [-0.2, 0) is 0 Å². The molecule has 0 unspecified atom stereocenters. The van der Waals surface area contributed by atoms with Crippen molar-refractivity contribution in [1.82, 2.24) is 19.7 Å². The molecule has 0 spiro atoms. The minimum atomic E-state index is 0.0665. The van der Waals surface area contributed by atoms with Crippen LogP contribution < -0.4 is 0 Å². The third kappa shape index (κ3) is 3.42. The van der Waals surface area contributed by atoms with Gasteiger partial charge in [0.25, 0.3) is 0 Å². The number of ketones is 1. The molecule has 30 heavy (non-hydrogen) atoms. The molecule has 5 aromatic rings. The van der Waals surface area contributed by atoms with E-state index in [2.05, 4.69) is 21.2 Å². The number of thioether (sulfide) groups is 1. The second-order valence-electron chi connectivity index (χ2n) is 6.80. The van der Waals surface area contributed by atoms with Crippen LogP contribution in [0.2, 0.25) is 0 Å². The Morgan fingerprint density at radius 1 is 0.867 bits per heavy atom. The number of rotatable bonds is 6. The van der Waals surface area contributed by atoms with E-state index in [-0.39, 0.29) is 5.78 Å². The number of hydrogen-bond donors (Lipinski definition) is 1. The highest BCUT2D eigenvalue weighted by molar-refractivity contribution is 7.99. The van der Waals surface area contributed by atoms with Crippen molar-refractivity contribution < 1.29 is 4.79 Å². The van der Waals surface area contributed by atoms with Crippen LogP contribution in [0.5, 0.6) is 0 Å². The quantitative estimate of drug-likeness (QED) is 0.301. The third-order valence-corrected chi connectivity index (χ3v) is 5.83. The summed E-state index contributed by atoms with van der Waals surface area (Å²) in [6.07, 6.45) is 1.96. The van der Waals surface area contributed by atoms with E-state index in [1.165, 1.54) is 11.8 Å². The summed E-state index contributed by atoms with van der Waals surface area (Å²) in [7, 11) is 0. The maximum absolute atomic E-state index is 12.6. The molecule has 2 heterocycles. The molecule has 0 amide bonds. The van der Waals surface area contributed by atoms with Gasteiger partial charge in [-0.15, -0.1) is 10.2 Å². The van der Waals surface area contributed by atoms with Gasteiger partial charge in [0.2, 0.25) is 0 Å². The number of fused-ring (bicyclic) bond motifs is 1. The summed E-state index contributed by atoms with van der Waals surface area (Å²) in [6, 6.07) is 27.4. The number of aromatic nitrogens is 4. The Morgan fingerprint density at radius 3 is 2.37 bits per heavy atom. The van der Waals surface area contributed by atoms with E-state index in [4.69, 9.17) is 0 Å². The van der Waals surface area contributed by atoms with Gasteiger partial charge in [0, 0.05) is 33.9 Å². The van der Waals surface area contributed by atoms with Gasteiger partial charge in [0.05, 0.1) is 5.75 Å². The predicted molar refractivity (Wildman–Crippen MR) is 120 cm³/mol. The largest absolute Gasteiger partial charge is 0.360 e. The van der Waals surface area contributed by atoms with Crippen LogP contribution in [0.25, 0.3) is 28.0 Å². The van der Waals surface area contributed by atoms with E-state index in [1.54, 1.807) is 0 Å². The van der Waals surface area contributed by atoms with Crippen molar-refractivity contribution in [3.8, 4) is 17.1 Å². The summed E-state index contributed by atoms with van der Waals surface area (Å²) < 4.78 is 2.01. The lowest BCUT2D eigenvalue weighted by molar-refractivity contribution is 0.102. The lowest BCUT2D eigenvalue weighted by atomic mass is 10.1. The van der Waals surface area contributed by atoms with Crippen molar-refractivity contribution in [3.63, 3.8) is 0 Å². The van der Waals surface area contributed by atoms with Crippen molar-refractivity contribution in [2.24, 2.45) is 0 Å². The van der Waals surface area contributed by atoms with Crippen LogP contribution in [-0.4, -0.2) is 31.3 Å². The van der Waals surface area contributed by atoms with Gasteiger partial charge in [-0.2, -0.15) is 0 Å². The summed E-state index contributed by atoms with van der Waals surface area (Å²) >= 11 is 1.40. The van der Waals surface area contributed by atoms with Gasteiger partial charge in [-0.05, 0) is 18.2 Å². The summed E-state index contributed by atoms with van der Waals surface area (Å²) in [6.45, 7) is 0. The number of carbonyl (C=O) groups excluding carboxylic acids is 1. The van der Waals surface area contributed by atoms with E-state index in [9.17, 15) is 4.79 Å². The van der Waals surface area contributed by atoms with Crippen LogP contribution in [0, 0.1) is 0 Å². The Morgan fingerprint density at radius 2 is 1.57 bits per heavy atom. The Balaban J connectivity index is 1.55. The Kier molecular flexibility index (Phi) is 4.91. The van der Waals surface area contributed by atoms with E-state index >= 15 is 0 Å². The molecule has 0 radical (unpaired) electrons. The van der Waals surface area contributed by atoms with E-state index < -0.39 is 0 Å². The van der Waals surface area contributed by atoms with Gasteiger partial charge in [0.15, 0.2) is 16.8 Å². The first-order valence-corrected chi connectivity index (χ1v) is 10.6. The maximum Gasteiger partial charge on any atom is 0.196 e. The number of aromatic amines is 1. The molecule has 5 rings (SSSR count). The topological polar surface area (TPSA) is 63.6 Å². The van der Waals surface area contributed by atoms with Gasteiger partial charge < -0.3 is 4.98 Å². The Bertz CT molecular complexity index is 1310. The van der Waals surface area contributed by atoms with Crippen molar-refractivity contribution in [1.29, 1.82) is 0 Å². The van der Waals surface area contributed by atoms with E-state index in [0.717, 1.165) is 28.0 Å². The Hall–Kier alpha value is -3.64. The van der Waals surface area contributed by atoms with Crippen molar-refractivity contribution in [2.45, 2.75) is 5.16 Å². The lowest BCUT2D eigenvalue weighted by Gasteiger charge is -2.10. The van der Waals surface area contributed by atoms with Crippen molar-refractivity contribution >= 4 is 28.4 Å². The summed E-state index contributed by atoms with van der Waals surface area (Å²) in [5, 5.41) is 10.7. The second kappa shape index (κ2) is 8.00. The molecule has 3 aromatic carbocycles. The van der Waals surface area contributed by atoms with Crippen LogP contribution in [0.1, 0.15) is 10.4 Å². The fourth-order valence-corrected chi connectivity index (χ4v) is 4.29. The number of H-pyrrole nitrogens is 1. The van der Waals surface area contributed by atoms with Crippen LogP contribution >= 0.6 is 11.8 Å². The van der Waals surface area contributed by atoms with Gasteiger partial charge >= 0.3 is 0 Å². The molecule has 6 heteroatoms. The zero-order valence-electron chi connectivity index (χ0n) is 16.0. The first-order chi connectivity index (χ1) is 14.8. The molecule has 0 saturated carbocycles. The highest BCUT2D eigenvalue weighted by Gasteiger charge is 2.19. The fourth-order valence-electron chi connectivity index (χ4n) is 3.44. The number of nitrogens with one attached hydrogen (secondary N) is 1. The molecule has 1 N–H and O–H groups in total. The minimum Gasteiger partial charge on any atom is -0.360 e. The minimum absolute atomic E-state index is 0.0665. The monoisotopic (exact) mass is 410 g/mol. The molecule has 5 nitrogen and oxygen atoms in total. The highest BCUT2D eigenvalue weighted by Crippen LogP contribution is 2.32. The summed E-state index contributed by atoms with van der Waals surface area (Å²) in [4.78, 5) is 15.9. The van der Waals surface area contributed by atoms with Gasteiger partial charge in [-0.1, -0.05) is 78.5 Å². The Labute approximate surface area is 177 Å². The van der Waals surface area contributed by atoms with E-state index in [0.29, 0.717) is 16.5 Å². The second-order valence-corrected chi connectivity index (χ2v) is 7.75. The lowest BCUT2D eigenvalue weighted by Crippen LogP contribution is -2.04. The first kappa shape index (κ1) is 18.4. The number of para-hydroxylation sites is 2. The SMILES string of the molecule is O=C(CSc1nnc(-c2c[nH]c3ccccc23)n1-c1ccccc1)c1ccccc1. The predicted octanol–water partition coefficient (Wildman–Crippen LogP) is 5.39. The summed E-state index contributed by atoms with van der Waals surface area (Å²) in [5.41, 5.74) is 3.68. The average molecular weight is 411 g/mol. The van der Waals surface area contributed by atoms with Crippen molar-refractivity contribution in [3.05, 3.63) is 96.7 Å². The number of carbonyl (C=O) groups is 1. The molecular weight excluding hydrogens is 392 g/mol.